The molecule has 1 unspecified atom stereocenters. The van der Waals surface area contributed by atoms with Crippen molar-refractivity contribution >= 4 is 11.8 Å². The van der Waals surface area contributed by atoms with Gasteiger partial charge in [-0.2, -0.15) is 0 Å². The quantitative estimate of drug-likeness (QED) is 0.843. The van der Waals surface area contributed by atoms with Crippen molar-refractivity contribution in [3.8, 4) is 0 Å². The van der Waals surface area contributed by atoms with E-state index >= 15 is 0 Å². The topological polar surface area (TPSA) is 61.9 Å². The van der Waals surface area contributed by atoms with Crippen molar-refractivity contribution in [1.82, 2.24) is 15.1 Å². The van der Waals surface area contributed by atoms with Gasteiger partial charge in [0.2, 0.25) is 5.91 Å². The summed E-state index contributed by atoms with van der Waals surface area (Å²) in [4.78, 5) is 28.3. The Hall–Kier alpha value is -2.06. The standard InChI is InChI=1S/C17H21F2N3O3/c18-13-9-12(10-14(19)11-13)16(23)20-2-4-22-3-1-15(17(22)24)21-5-7-25-8-6-21/h9-11,15H,1-8H2,(H,20,23). The molecular weight excluding hydrogens is 332 g/mol. The van der Waals surface area contributed by atoms with Crippen molar-refractivity contribution in [2.24, 2.45) is 0 Å². The zero-order valence-corrected chi connectivity index (χ0v) is 13.8. The fourth-order valence-electron chi connectivity index (χ4n) is 3.26. The number of benzene rings is 1. The number of carbonyl (C=O) groups is 2. The monoisotopic (exact) mass is 353 g/mol. The normalized spacial score (nSPS) is 21.6. The van der Waals surface area contributed by atoms with Crippen LogP contribution in [0.3, 0.4) is 0 Å². The molecule has 0 bridgehead atoms. The average Bonchev–Trinajstić information content (AvgIpc) is 2.95. The second kappa shape index (κ2) is 7.88. The van der Waals surface area contributed by atoms with Gasteiger partial charge in [0.25, 0.3) is 5.91 Å². The maximum absolute atomic E-state index is 13.1. The van der Waals surface area contributed by atoms with Gasteiger partial charge in [0, 0.05) is 44.4 Å². The number of amides is 2. The Kier molecular flexibility index (Phi) is 5.60. The van der Waals surface area contributed by atoms with Gasteiger partial charge in [-0.3, -0.25) is 14.5 Å². The number of morpholine rings is 1. The molecule has 3 rings (SSSR count). The number of hydrogen-bond acceptors (Lipinski definition) is 4. The van der Waals surface area contributed by atoms with Crippen molar-refractivity contribution in [3.63, 3.8) is 0 Å². The summed E-state index contributed by atoms with van der Waals surface area (Å²) in [5, 5.41) is 2.60. The molecule has 2 fully saturated rings. The minimum Gasteiger partial charge on any atom is -0.379 e. The third kappa shape index (κ3) is 4.32. The molecule has 2 saturated heterocycles. The van der Waals surface area contributed by atoms with Gasteiger partial charge in [-0.05, 0) is 18.6 Å². The van der Waals surface area contributed by atoms with Crippen LogP contribution in [0.5, 0.6) is 0 Å². The van der Waals surface area contributed by atoms with Gasteiger partial charge in [-0.1, -0.05) is 0 Å². The van der Waals surface area contributed by atoms with Gasteiger partial charge in [0.1, 0.15) is 11.6 Å². The highest BCUT2D eigenvalue weighted by Crippen LogP contribution is 2.18. The molecule has 1 N–H and O–H groups in total. The molecule has 2 amide bonds. The summed E-state index contributed by atoms with van der Waals surface area (Å²) >= 11 is 0. The number of likely N-dealkylation sites (tertiary alicyclic amines) is 1. The highest BCUT2D eigenvalue weighted by molar-refractivity contribution is 5.94. The van der Waals surface area contributed by atoms with Crippen molar-refractivity contribution < 1.29 is 23.1 Å². The first-order chi connectivity index (χ1) is 12.0. The van der Waals surface area contributed by atoms with Crippen LogP contribution in [-0.4, -0.2) is 73.6 Å². The molecule has 0 radical (unpaired) electrons. The Balaban J connectivity index is 1.47. The molecule has 0 aromatic heterocycles. The Labute approximate surface area is 144 Å². The Bertz CT molecular complexity index is 630. The maximum Gasteiger partial charge on any atom is 0.251 e. The molecule has 1 aromatic rings. The molecular formula is C17H21F2N3O3. The van der Waals surface area contributed by atoms with E-state index in [-0.39, 0.29) is 24.1 Å². The van der Waals surface area contributed by atoms with E-state index in [4.69, 9.17) is 4.74 Å². The second-order valence-corrected chi connectivity index (χ2v) is 6.19. The molecule has 0 aliphatic carbocycles. The first-order valence-corrected chi connectivity index (χ1v) is 8.39. The Morgan fingerprint density at radius 2 is 1.84 bits per heavy atom. The summed E-state index contributed by atoms with van der Waals surface area (Å²) in [6.45, 7) is 4.05. The number of carbonyl (C=O) groups excluding carboxylic acids is 2. The molecule has 6 nitrogen and oxygen atoms in total. The number of nitrogens with zero attached hydrogens (tertiary/aromatic N) is 2. The summed E-state index contributed by atoms with van der Waals surface area (Å²) in [5.74, 6) is -2.09. The minimum atomic E-state index is -0.798. The lowest BCUT2D eigenvalue weighted by atomic mass is 10.2. The Morgan fingerprint density at radius 1 is 1.16 bits per heavy atom. The smallest absolute Gasteiger partial charge is 0.251 e. The SMILES string of the molecule is O=C(NCCN1CCC(N2CCOCC2)C1=O)c1cc(F)cc(F)c1. The summed E-state index contributed by atoms with van der Waals surface area (Å²) in [7, 11) is 0. The Morgan fingerprint density at radius 3 is 2.52 bits per heavy atom. The predicted molar refractivity (Wildman–Crippen MR) is 86.1 cm³/mol. The van der Waals surface area contributed by atoms with Gasteiger partial charge in [0.05, 0.1) is 19.3 Å². The third-order valence-electron chi connectivity index (χ3n) is 4.55. The van der Waals surface area contributed by atoms with Crippen LogP contribution in [0.25, 0.3) is 0 Å². The van der Waals surface area contributed by atoms with E-state index in [2.05, 4.69) is 10.2 Å². The first-order valence-electron chi connectivity index (χ1n) is 8.39. The fourth-order valence-corrected chi connectivity index (χ4v) is 3.26. The van der Waals surface area contributed by atoms with E-state index in [9.17, 15) is 18.4 Å². The lowest BCUT2D eigenvalue weighted by Gasteiger charge is -2.31. The van der Waals surface area contributed by atoms with Crippen LogP contribution < -0.4 is 5.32 Å². The second-order valence-electron chi connectivity index (χ2n) is 6.19. The van der Waals surface area contributed by atoms with E-state index in [0.717, 1.165) is 31.6 Å². The van der Waals surface area contributed by atoms with Crippen LogP contribution in [0.1, 0.15) is 16.8 Å². The van der Waals surface area contributed by atoms with Crippen molar-refractivity contribution in [1.29, 1.82) is 0 Å². The van der Waals surface area contributed by atoms with Gasteiger partial charge in [-0.15, -0.1) is 0 Å². The lowest BCUT2D eigenvalue weighted by molar-refractivity contribution is -0.133. The van der Waals surface area contributed by atoms with Gasteiger partial charge in [-0.25, -0.2) is 8.78 Å². The van der Waals surface area contributed by atoms with Crippen LogP contribution in [-0.2, 0) is 9.53 Å². The van der Waals surface area contributed by atoms with Crippen LogP contribution in [0.2, 0.25) is 0 Å². The summed E-state index contributed by atoms with van der Waals surface area (Å²) in [5.41, 5.74) is -0.0727. The van der Waals surface area contributed by atoms with Crippen LogP contribution >= 0.6 is 0 Å². The first kappa shape index (κ1) is 17.8. The number of nitrogens with one attached hydrogen (secondary N) is 1. The highest BCUT2D eigenvalue weighted by Gasteiger charge is 2.36. The van der Waals surface area contributed by atoms with Crippen molar-refractivity contribution in [2.75, 3.05) is 45.9 Å². The third-order valence-corrected chi connectivity index (χ3v) is 4.55. The molecule has 2 aliphatic heterocycles. The molecule has 0 saturated carbocycles. The summed E-state index contributed by atoms with van der Waals surface area (Å²) < 4.78 is 31.6. The molecule has 1 atom stereocenters. The van der Waals surface area contributed by atoms with Crippen LogP contribution in [0.4, 0.5) is 8.78 Å². The highest BCUT2D eigenvalue weighted by atomic mass is 19.1. The molecule has 2 heterocycles. The van der Waals surface area contributed by atoms with Gasteiger partial charge in [0.15, 0.2) is 0 Å². The number of hydrogen-bond donors (Lipinski definition) is 1. The van der Waals surface area contributed by atoms with Gasteiger partial charge >= 0.3 is 0 Å². The minimum absolute atomic E-state index is 0.0629. The summed E-state index contributed by atoms with van der Waals surface area (Å²) in [6, 6.07) is 2.56. The summed E-state index contributed by atoms with van der Waals surface area (Å²) in [6.07, 6.45) is 0.766. The van der Waals surface area contributed by atoms with Gasteiger partial charge < -0.3 is 15.0 Å². The lowest BCUT2D eigenvalue weighted by Crippen LogP contribution is -2.48. The average molecular weight is 353 g/mol. The zero-order chi connectivity index (χ0) is 17.8. The van der Waals surface area contributed by atoms with E-state index in [1.165, 1.54) is 0 Å². The maximum atomic E-state index is 13.1. The van der Waals surface area contributed by atoms with E-state index in [0.29, 0.717) is 32.4 Å². The number of rotatable bonds is 5. The molecule has 0 spiro atoms. The molecule has 8 heteroatoms. The molecule has 2 aliphatic rings. The van der Waals surface area contributed by atoms with Crippen LogP contribution in [0, 0.1) is 11.6 Å². The molecule has 25 heavy (non-hydrogen) atoms. The fraction of sp³-hybridized carbons (Fsp3) is 0.529. The largest absolute Gasteiger partial charge is 0.379 e. The van der Waals surface area contributed by atoms with E-state index in [1.807, 2.05) is 0 Å². The molecule has 1 aromatic carbocycles. The van der Waals surface area contributed by atoms with E-state index in [1.54, 1.807) is 4.90 Å². The van der Waals surface area contributed by atoms with Crippen LogP contribution in [0.15, 0.2) is 18.2 Å². The van der Waals surface area contributed by atoms with Crippen molar-refractivity contribution in [3.05, 3.63) is 35.4 Å². The zero-order valence-electron chi connectivity index (χ0n) is 13.8. The predicted octanol–water partition coefficient (Wildman–Crippen LogP) is 0.628. The van der Waals surface area contributed by atoms with E-state index < -0.39 is 17.5 Å². The van der Waals surface area contributed by atoms with Crippen molar-refractivity contribution in [2.45, 2.75) is 12.5 Å². The number of halogens is 2. The molecule has 136 valence electrons. The number of ether oxygens (including phenoxy) is 1.